The molecule has 1 aromatic rings. The normalized spacial score (nSPS) is 24.5. The van der Waals surface area contributed by atoms with E-state index in [2.05, 4.69) is 31.3 Å². The van der Waals surface area contributed by atoms with Gasteiger partial charge in [0.2, 0.25) is 5.91 Å². The molecule has 0 spiro atoms. The van der Waals surface area contributed by atoms with Gasteiger partial charge in [-0.3, -0.25) is 14.5 Å². The lowest BCUT2D eigenvalue weighted by Crippen LogP contribution is -2.46. The number of hydrogen-bond acceptors (Lipinski definition) is 4. The first-order valence-corrected chi connectivity index (χ1v) is 9.74. The molecule has 0 radical (unpaired) electrons. The molecule has 1 unspecified atom stereocenters. The monoisotopic (exact) mass is 387 g/mol. The topological polar surface area (TPSA) is 79.0 Å². The summed E-state index contributed by atoms with van der Waals surface area (Å²) < 4.78 is 5.92. The average molecular weight is 387 g/mol. The van der Waals surface area contributed by atoms with Crippen LogP contribution in [0, 0.1) is 0 Å². The quantitative estimate of drug-likeness (QED) is 0.757. The molecule has 2 saturated heterocycles. The van der Waals surface area contributed by atoms with Crippen molar-refractivity contribution in [3.05, 3.63) is 35.9 Å². The number of ether oxygens (including phenoxy) is 1. The number of amides is 4. The SMILES string of the molecule is CN1CC(=O)N(CC(=O)NCCC2(c3ccccc3)CCOC(C)(C)C2)C1=O. The number of rotatable bonds is 6. The number of urea groups is 1. The smallest absolute Gasteiger partial charge is 0.327 e. The second-order valence-corrected chi connectivity index (χ2v) is 8.40. The predicted molar refractivity (Wildman–Crippen MR) is 105 cm³/mol. The van der Waals surface area contributed by atoms with E-state index in [9.17, 15) is 14.4 Å². The van der Waals surface area contributed by atoms with Crippen LogP contribution in [-0.2, 0) is 19.7 Å². The Labute approximate surface area is 166 Å². The molecule has 0 aliphatic carbocycles. The largest absolute Gasteiger partial charge is 0.376 e. The van der Waals surface area contributed by atoms with Crippen LogP contribution < -0.4 is 5.32 Å². The summed E-state index contributed by atoms with van der Waals surface area (Å²) in [6.45, 7) is 5.16. The third-order valence-corrected chi connectivity index (χ3v) is 5.68. The van der Waals surface area contributed by atoms with Crippen molar-refractivity contribution in [2.75, 3.05) is 33.3 Å². The van der Waals surface area contributed by atoms with Crippen LogP contribution in [-0.4, -0.2) is 66.5 Å². The number of imide groups is 1. The number of likely N-dealkylation sites (N-methyl/N-ethyl adjacent to an activating group) is 1. The van der Waals surface area contributed by atoms with Crippen LogP contribution in [0.4, 0.5) is 4.79 Å². The van der Waals surface area contributed by atoms with Gasteiger partial charge in [0.1, 0.15) is 13.1 Å². The van der Waals surface area contributed by atoms with E-state index < -0.39 is 6.03 Å². The van der Waals surface area contributed by atoms with E-state index in [1.165, 1.54) is 10.5 Å². The van der Waals surface area contributed by atoms with E-state index in [1.54, 1.807) is 7.05 Å². The standard InChI is InChI=1S/C21H29N3O4/c1-20(2)15-21(10-12-28-20,16-7-5-4-6-8-16)9-11-22-17(25)13-24-18(26)14-23(3)19(24)27/h4-8H,9-15H2,1-3H3,(H,22,25). The first kappa shape index (κ1) is 20.3. The van der Waals surface area contributed by atoms with Gasteiger partial charge in [0.15, 0.2) is 0 Å². The average Bonchev–Trinajstić information content (AvgIpc) is 2.88. The molecular formula is C21H29N3O4. The fourth-order valence-electron chi connectivity index (χ4n) is 4.34. The summed E-state index contributed by atoms with van der Waals surface area (Å²) >= 11 is 0. The zero-order valence-electron chi connectivity index (χ0n) is 16.9. The minimum absolute atomic E-state index is 0.0261. The van der Waals surface area contributed by atoms with Gasteiger partial charge >= 0.3 is 6.03 Å². The number of carbonyl (C=O) groups excluding carboxylic acids is 3. The maximum atomic E-state index is 12.3. The molecule has 1 atom stereocenters. The number of carbonyl (C=O) groups is 3. The summed E-state index contributed by atoms with van der Waals surface area (Å²) in [4.78, 5) is 38.4. The van der Waals surface area contributed by atoms with Crippen molar-refractivity contribution in [2.45, 2.75) is 44.1 Å². The third-order valence-electron chi connectivity index (χ3n) is 5.68. The van der Waals surface area contributed by atoms with Gasteiger partial charge in [-0.2, -0.15) is 0 Å². The van der Waals surface area contributed by atoms with E-state index in [0.29, 0.717) is 13.2 Å². The van der Waals surface area contributed by atoms with Crippen LogP contribution in [0.5, 0.6) is 0 Å². The molecule has 28 heavy (non-hydrogen) atoms. The van der Waals surface area contributed by atoms with Crippen molar-refractivity contribution in [1.29, 1.82) is 0 Å². The summed E-state index contributed by atoms with van der Waals surface area (Å²) in [5, 5.41) is 2.89. The lowest BCUT2D eigenvalue weighted by Gasteiger charge is -2.45. The Hall–Kier alpha value is -2.41. The Kier molecular flexibility index (Phi) is 5.74. The van der Waals surface area contributed by atoms with E-state index in [1.807, 2.05) is 18.2 Å². The highest BCUT2D eigenvalue weighted by molar-refractivity contribution is 6.04. The highest BCUT2D eigenvalue weighted by atomic mass is 16.5. The molecule has 3 rings (SSSR count). The first-order chi connectivity index (χ1) is 13.2. The fourth-order valence-corrected chi connectivity index (χ4v) is 4.34. The summed E-state index contributed by atoms with van der Waals surface area (Å²) in [5.41, 5.74) is 0.958. The number of nitrogens with one attached hydrogen (secondary N) is 1. The Bertz CT molecular complexity index is 749. The van der Waals surface area contributed by atoms with E-state index in [0.717, 1.165) is 24.2 Å². The van der Waals surface area contributed by atoms with Crippen LogP contribution in [0.1, 0.15) is 38.7 Å². The first-order valence-electron chi connectivity index (χ1n) is 9.74. The van der Waals surface area contributed by atoms with Crippen molar-refractivity contribution >= 4 is 17.8 Å². The van der Waals surface area contributed by atoms with E-state index in [4.69, 9.17) is 4.74 Å². The second-order valence-electron chi connectivity index (χ2n) is 8.40. The van der Waals surface area contributed by atoms with Crippen LogP contribution >= 0.6 is 0 Å². The maximum Gasteiger partial charge on any atom is 0.327 e. The molecule has 0 saturated carbocycles. The summed E-state index contributed by atoms with van der Waals surface area (Å²) in [6, 6.07) is 9.94. The number of nitrogens with zero attached hydrogens (tertiary/aromatic N) is 2. The minimum Gasteiger partial charge on any atom is -0.376 e. The molecular weight excluding hydrogens is 358 g/mol. The predicted octanol–water partition coefficient (Wildman–Crippen LogP) is 1.91. The third kappa shape index (κ3) is 4.35. The molecule has 2 fully saturated rings. The van der Waals surface area contributed by atoms with Gasteiger partial charge in [0.05, 0.1) is 5.60 Å². The molecule has 7 heteroatoms. The van der Waals surface area contributed by atoms with Gasteiger partial charge < -0.3 is 15.0 Å². The molecule has 7 nitrogen and oxygen atoms in total. The zero-order chi connectivity index (χ0) is 20.4. The Balaban J connectivity index is 1.62. The molecule has 2 aliphatic heterocycles. The summed E-state index contributed by atoms with van der Waals surface area (Å²) in [7, 11) is 1.55. The van der Waals surface area contributed by atoms with Crippen LogP contribution in [0.25, 0.3) is 0 Å². The Morgan fingerprint density at radius 1 is 1.21 bits per heavy atom. The summed E-state index contributed by atoms with van der Waals surface area (Å²) in [5.74, 6) is -0.652. The molecule has 1 N–H and O–H groups in total. The van der Waals surface area contributed by atoms with Gasteiger partial charge in [0.25, 0.3) is 5.91 Å². The highest BCUT2D eigenvalue weighted by Gasteiger charge is 2.42. The molecule has 152 valence electrons. The van der Waals surface area contributed by atoms with Gasteiger partial charge in [-0.15, -0.1) is 0 Å². The molecule has 2 aliphatic rings. The zero-order valence-corrected chi connectivity index (χ0v) is 16.9. The van der Waals surface area contributed by atoms with Crippen molar-refractivity contribution in [3.63, 3.8) is 0 Å². The van der Waals surface area contributed by atoms with Crippen LogP contribution in [0.15, 0.2) is 30.3 Å². The molecule has 4 amide bonds. The lowest BCUT2D eigenvalue weighted by atomic mass is 9.67. The van der Waals surface area contributed by atoms with Crippen molar-refractivity contribution in [2.24, 2.45) is 0 Å². The second kappa shape index (κ2) is 7.91. The summed E-state index contributed by atoms with van der Waals surface area (Å²) in [6.07, 6.45) is 2.54. The Morgan fingerprint density at radius 3 is 2.54 bits per heavy atom. The van der Waals surface area contributed by atoms with Gasteiger partial charge in [-0.25, -0.2) is 4.79 Å². The van der Waals surface area contributed by atoms with Gasteiger partial charge in [-0.05, 0) is 38.7 Å². The highest BCUT2D eigenvalue weighted by Crippen LogP contribution is 2.43. The van der Waals surface area contributed by atoms with Crippen molar-refractivity contribution in [3.8, 4) is 0 Å². The molecule has 0 bridgehead atoms. The number of hydrogen-bond donors (Lipinski definition) is 1. The van der Waals surface area contributed by atoms with Crippen LogP contribution in [0.3, 0.4) is 0 Å². The Morgan fingerprint density at radius 2 is 1.93 bits per heavy atom. The number of benzene rings is 1. The molecule has 2 heterocycles. The molecule has 1 aromatic carbocycles. The maximum absolute atomic E-state index is 12.3. The van der Waals surface area contributed by atoms with Gasteiger partial charge in [0, 0.05) is 25.6 Å². The lowest BCUT2D eigenvalue weighted by molar-refractivity contribution is -0.130. The van der Waals surface area contributed by atoms with Crippen LogP contribution in [0.2, 0.25) is 0 Å². The fraction of sp³-hybridized carbons (Fsp3) is 0.571. The van der Waals surface area contributed by atoms with Crippen molar-refractivity contribution < 1.29 is 19.1 Å². The van der Waals surface area contributed by atoms with E-state index in [-0.39, 0.29) is 35.9 Å². The minimum atomic E-state index is -0.424. The van der Waals surface area contributed by atoms with Crippen molar-refractivity contribution in [1.82, 2.24) is 15.1 Å². The molecule has 0 aromatic heterocycles. The van der Waals surface area contributed by atoms with E-state index >= 15 is 0 Å². The van der Waals surface area contributed by atoms with Gasteiger partial charge in [-0.1, -0.05) is 30.3 Å².